The molecule has 4 amide bonds. The maximum Gasteiger partial charge on any atom is 0.271 e. The minimum absolute atomic E-state index is 0.0109. The highest BCUT2D eigenvalue weighted by atomic mass is 16.6. The number of carbonyl (C=O) groups is 4. The van der Waals surface area contributed by atoms with Crippen LogP contribution in [0.25, 0.3) is 0 Å². The third-order valence-electron chi connectivity index (χ3n) is 4.48. The van der Waals surface area contributed by atoms with Gasteiger partial charge in [-0.3, -0.25) is 39.2 Å². The molecule has 0 saturated heterocycles. The summed E-state index contributed by atoms with van der Waals surface area (Å²) in [6.07, 6.45) is 4.46. The van der Waals surface area contributed by atoms with Gasteiger partial charge in [-0.1, -0.05) is 0 Å². The molecule has 0 bridgehead atoms. The van der Waals surface area contributed by atoms with Crippen molar-refractivity contribution in [2.24, 2.45) is 0 Å². The lowest BCUT2D eigenvalue weighted by molar-refractivity contribution is -0.384. The Kier molecular flexibility index (Phi) is 6.60. The molecule has 2 aromatic rings. The number of non-ortho nitro benzene ring substituents is 1. The molecule has 1 aromatic heterocycles. The zero-order chi connectivity index (χ0) is 22.4. The summed E-state index contributed by atoms with van der Waals surface area (Å²) in [4.78, 5) is 67.3. The molecule has 2 N–H and O–H groups in total. The van der Waals surface area contributed by atoms with Crippen LogP contribution in [0.15, 0.2) is 36.8 Å². The highest BCUT2D eigenvalue weighted by Crippen LogP contribution is 2.26. The number of benzene rings is 1. The second kappa shape index (κ2) is 9.52. The van der Waals surface area contributed by atoms with E-state index in [2.05, 4.69) is 20.6 Å². The number of hydrogen-bond acceptors (Lipinski definition) is 8. The van der Waals surface area contributed by atoms with Crippen LogP contribution >= 0.6 is 0 Å². The zero-order valence-corrected chi connectivity index (χ0v) is 16.2. The average molecular weight is 426 g/mol. The summed E-state index contributed by atoms with van der Waals surface area (Å²) in [6.45, 7) is 0.400. The smallest absolute Gasteiger partial charge is 0.271 e. The lowest BCUT2D eigenvalue weighted by Crippen LogP contribution is -2.35. The van der Waals surface area contributed by atoms with Gasteiger partial charge >= 0.3 is 0 Å². The molecule has 0 aliphatic carbocycles. The predicted octanol–water partition coefficient (Wildman–Crippen LogP) is 0.307. The van der Waals surface area contributed by atoms with Crippen molar-refractivity contribution in [1.29, 1.82) is 0 Å². The van der Waals surface area contributed by atoms with Crippen molar-refractivity contribution in [3.8, 4) is 0 Å². The van der Waals surface area contributed by atoms with E-state index in [1.807, 2.05) is 0 Å². The van der Waals surface area contributed by atoms with Gasteiger partial charge in [-0.25, -0.2) is 4.98 Å². The summed E-state index contributed by atoms with van der Waals surface area (Å²) >= 11 is 0. The number of imide groups is 1. The van der Waals surface area contributed by atoms with E-state index in [-0.39, 0.29) is 60.9 Å². The van der Waals surface area contributed by atoms with E-state index in [4.69, 9.17) is 0 Å². The second-order valence-corrected chi connectivity index (χ2v) is 6.55. The quantitative estimate of drug-likeness (QED) is 0.250. The lowest BCUT2D eigenvalue weighted by Gasteiger charge is -2.13. The molecule has 1 aromatic carbocycles. The van der Waals surface area contributed by atoms with Crippen LogP contribution in [0.3, 0.4) is 0 Å². The van der Waals surface area contributed by atoms with Crippen LogP contribution in [-0.2, 0) is 4.79 Å². The highest BCUT2D eigenvalue weighted by Gasteiger charge is 2.36. The standard InChI is InChI=1S/C19H18N6O6/c26-16(22-7-8-23-17(27)15-11-20-5-6-21-15)2-1-9-24-18(28)13-4-3-12(25(30)31)10-14(13)19(24)29/h3-6,10-11H,1-2,7-9H2,(H,22,26)(H,23,27). The Morgan fingerprint density at radius 2 is 1.81 bits per heavy atom. The number of nitrogens with zero attached hydrogens (tertiary/aromatic N) is 4. The highest BCUT2D eigenvalue weighted by molar-refractivity contribution is 6.21. The molecule has 0 unspecified atom stereocenters. The van der Waals surface area contributed by atoms with Crippen LogP contribution in [0.2, 0.25) is 0 Å². The van der Waals surface area contributed by atoms with Gasteiger partial charge in [-0.15, -0.1) is 0 Å². The topological polar surface area (TPSA) is 164 Å². The van der Waals surface area contributed by atoms with Gasteiger partial charge in [0.15, 0.2) is 0 Å². The van der Waals surface area contributed by atoms with Gasteiger partial charge in [-0.2, -0.15) is 0 Å². The Morgan fingerprint density at radius 3 is 2.52 bits per heavy atom. The number of nitrogens with one attached hydrogen (secondary N) is 2. The Bertz CT molecular complexity index is 1040. The lowest BCUT2D eigenvalue weighted by atomic mass is 10.1. The van der Waals surface area contributed by atoms with Crippen LogP contribution in [0.4, 0.5) is 5.69 Å². The van der Waals surface area contributed by atoms with E-state index in [1.165, 1.54) is 30.7 Å². The second-order valence-electron chi connectivity index (χ2n) is 6.55. The van der Waals surface area contributed by atoms with Crippen molar-refractivity contribution in [3.05, 3.63) is 63.7 Å². The Morgan fingerprint density at radius 1 is 1.06 bits per heavy atom. The van der Waals surface area contributed by atoms with Gasteiger partial charge in [0, 0.05) is 50.6 Å². The number of aromatic nitrogens is 2. The summed E-state index contributed by atoms with van der Waals surface area (Å²) in [5.74, 6) is -1.87. The summed E-state index contributed by atoms with van der Waals surface area (Å²) < 4.78 is 0. The van der Waals surface area contributed by atoms with E-state index < -0.39 is 22.6 Å². The monoisotopic (exact) mass is 426 g/mol. The van der Waals surface area contributed by atoms with Crippen molar-refractivity contribution >= 4 is 29.3 Å². The molecule has 2 heterocycles. The maximum absolute atomic E-state index is 12.4. The van der Waals surface area contributed by atoms with Crippen LogP contribution < -0.4 is 10.6 Å². The van der Waals surface area contributed by atoms with Crippen molar-refractivity contribution in [3.63, 3.8) is 0 Å². The molecule has 0 fully saturated rings. The number of hydrogen-bond donors (Lipinski definition) is 2. The van der Waals surface area contributed by atoms with Crippen LogP contribution in [-0.4, -0.2) is 63.1 Å². The summed E-state index contributed by atoms with van der Waals surface area (Å²) in [5.41, 5.74) is -0.00553. The first kappa shape index (κ1) is 21.5. The third-order valence-corrected chi connectivity index (χ3v) is 4.48. The van der Waals surface area contributed by atoms with E-state index >= 15 is 0 Å². The fourth-order valence-corrected chi connectivity index (χ4v) is 2.97. The molecule has 1 aliphatic heterocycles. The fraction of sp³-hybridized carbons (Fsp3) is 0.263. The summed E-state index contributed by atoms with van der Waals surface area (Å²) in [7, 11) is 0. The molecule has 0 saturated carbocycles. The van der Waals surface area contributed by atoms with E-state index in [0.717, 1.165) is 11.0 Å². The molecule has 0 radical (unpaired) electrons. The van der Waals surface area contributed by atoms with Gasteiger partial charge < -0.3 is 10.6 Å². The predicted molar refractivity (Wildman–Crippen MR) is 105 cm³/mol. The first-order valence-corrected chi connectivity index (χ1v) is 9.34. The number of nitro groups is 1. The van der Waals surface area contributed by atoms with Crippen molar-refractivity contribution in [2.45, 2.75) is 12.8 Å². The van der Waals surface area contributed by atoms with Gasteiger partial charge in [-0.05, 0) is 12.5 Å². The van der Waals surface area contributed by atoms with Gasteiger partial charge in [0.05, 0.1) is 22.2 Å². The average Bonchev–Trinajstić information content (AvgIpc) is 3.01. The molecular weight excluding hydrogens is 408 g/mol. The van der Waals surface area contributed by atoms with Crippen molar-refractivity contribution in [1.82, 2.24) is 25.5 Å². The first-order valence-electron chi connectivity index (χ1n) is 9.34. The normalized spacial score (nSPS) is 12.5. The molecule has 160 valence electrons. The fourth-order valence-electron chi connectivity index (χ4n) is 2.97. The molecule has 0 spiro atoms. The van der Waals surface area contributed by atoms with Crippen molar-refractivity contribution < 1.29 is 24.1 Å². The molecule has 12 heteroatoms. The summed E-state index contributed by atoms with van der Waals surface area (Å²) in [6, 6.07) is 3.51. The number of amides is 4. The third kappa shape index (κ3) is 5.04. The Hall–Kier alpha value is -4.22. The number of carbonyl (C=O) groups excluding carboxylic acids is 4. The van der Waals surface area contributed by atoms with Crippen molar-refractivity contribution in [2.75, 3.05) is 19.6 Å². The minimum Gasteiger partial charge on any atom is -0.354 e. The Balaban J connectivity index is 1.39. The molecule has 3 rings (SSSR count). The first-order chi connectivity index (χ1) is 14.9. The SMILES string of the molecule is O=C(CCCN1C(=O)c2ccc([N+](=O)[O-])cc2C1=O)NCCNC(=O)c1cnccn1. The van der Waals surface area contributed by atoms with Crippen LogP contribution in [0.1, 0.15) is 44.0 Å². The van der Waals surface area contributed by atoms with Gasteiger partial charge in [0.25, 0.3) is 23.4 Å². The Labute approximate surface area is 175 Å². The molecule has 12 nitrogen and oxygen atoms in total. The molecule has 1 aliphatic rings. The summed E-state index contributed by atoms with van der Waals surface area (Å²) in [5, 5.41) is 16.1. The largest absolute Gasteiger partial charge is 0.354 e. The van der Waals surface area contributed by atoms with Crippen LogP contribution in [0, 0.1) is 10.1 Å². The minimum atomic E-state index is -0.638. The molecule has 0 atom stereocenters. The maximum atomic E-state index is 12.4. The number of rotatable bonds is 9. The molecular formula is C19H18N6O6. The van der Waals surface area contributed by atoms with Crippen LogP contribution in [0.5, 0.6) is 0 Å². The van der Waals surface area contributed by atoms with Gasteiger partial charge in [0.2, 0.25) is 5.91 Å². The van der Waals surface area contributed by atoms with Gasteiger partial charge in [0.1, 0.15) is 5.69 Å². The van der Waals surface area contributed by atoms with E-state index in [9.17, 15) is 29.3 Å². The van der Waals surface area contributed by atoms with E-state index in [0.29, 0.717) is 0 Å². The van der Waals surface area contributed by atoms with E-state index in [1.54, 1.807) is 0 Å². The number of fused-ring (bicyclic) bond motifs is 1. The number of nitro benzene ring substituents is 1. The molecule has 31 heavy (non-hydrogen) atoms. The zero-order valence-electron chi connectivity index (χ0n) is 16.2.